The summed E-state index contributed by atoms with van der Waals surface area (Å²) in [5.74, 6) is 0.615. The molecule has 1 amide bonds. The Balaban J connectivity index is 1.58. The molecule has 3 heterocycles. The number of fused-ring (bicyclic) bond motifs is 1. The zero-order chi connectivity index (χ0) is 21.4. The van der Waals surface area contributed by atoms with Gasteiger partial charge in [-0.1, -0.05) is 11.6 Å². The fourth-order valence-corrected chi connectivity index (χ4v) is 4.37. The minimum Gasteiger partial charge on any atom is -0.497 e. The number of hydrogen-bond donors (Lipinski definition) is 1. The van der Waals surface area contributed by atoms with Crippen LogP contribution in [0.5, 0.6) is 5.75 Å². The van der Waals surface area contributed by atoms with Gasteiger partial charge in [-0.15, -0.1) is 0 Å². The summed E-state index contributed by atoms with van der Waals surface area (Å²) in [7, 11) is 3.26. The maximum absolute atomic E-state index is 13.0. The number of aryl methyl sites for hydroxylation is 1. The van der Waals surface area contributed by atoms with Gasteiger partial charge in [-0.3, -0.25) is 13.9 Å². The summed E-state index contributed by atoms with van der Waals surface area (Å²) >= 11 is 6.13. The molecule has 0 bridgehead atoms. The third kappa shape index (κ3) is 3.75. The van der Waals surface area contributed by atoms with Crippen LogP contribution in [-0.2, 0) is 18.3 Å². The SMILES string of the molecule is COc1cc(Cl)cc(CC(=O)N2CCC[C@H](n3c(=O)n(C)c4ncc(N)cc43)C2)c1. The van der Waals surface area contributed by atoms with Crippen LogP contribution in [0.15, 0.2) is 35.3 Å². The van der Waals surface area contributed by atoms with E-state index in [-0.39, 0.29) is 24.1 Å². The molecular formula is C21H24ClN5O3. The van der Waals surface area contributed by atoms with Crippen molar-refractivity contribution in [3.8, 4) is 5.75 Å². The zero-order valence-electron chi connectivity index (χ0n) is 17.0. The molecule has 1 atom stereocenters. The van der Waals surface area contributed by atoms with E-state index in [1.807, 2.05) is 11.0 Å². The van der Waals surface area contributed by atoms with Gasteiger partial charge in [-0.2, -0.15) is 0 Å². The second-order valence-corrected chi connectivity index (χ2v) is 8.07. The minimum atomic E-state index is -0.151. The van der Waals surface area contributed by atoms with Crippen molar-refractivity contribution in [3.63, 3.8) is 0 Å². The van der Waals surface area contributed by atoms with E-state index in [1.165, 1.54) is 4.57 Å². The second kappa shape index (κ2) is 8.02. The number of pyridine rings is 1. The van der Waals surface area contributed by atoms with Crippen molar-refractivity contribution in [2.45, 2.75) is 25.3 Å². The van der Waals surface area contributed by atoms with Crippen molar-refractivity contribution in [1.82, 2.24) is 19.0 Å². The van der Waals surface area contributed by atoms with Gasteiger partial charge in [-0.05, 0) is 42.7 Å². The maximum atomic E-state index is 13.0. The van der Waals surface area contributed by atoms with Crippen molar-refractivity contribution < 1.29 is 9.53 Å². The van der Waals surface area contributed by atoms with Crippen molar-refractivity contribution in [2.75, 3.05) is 25.9 Å². The van der Waals surface area contributed by atoms with Gasteiger partial charge in [0.25, 0.3) is 0 Å². The van der Waals surface area contributed by atoms with E-state index in [1.54, 1.807) is 43.1 Å². The lowest BCUT2D eigenvalue weighted by Crippen LogP contribution is -2.43. The Morgan fingerprint density at radius 1 is 1.33 bits per heavy atom. The number of amides is 1. The number of nitrogens with two attached hydrogens (primary N) is 1. The highest BCUT2D eigenvalue weighted by molar-refractivity contribution is 6.30. The third-order valence-corrected chi connectivity index (χ3v) is 5.79. The summed E-state index contributed by atoms with van der Waals surface area (Å²) in [4.78, 5) is 32.0. The van der Waals surface area contributed by atoms with Crippen LogP contribution in [0.4, 0.5) is 5.69 Å². The monoisotopic (exact) mass is 429 g/mol. The number of likely N-dealkylation sites (tertiary alicyclic amines) is 1. The first-order chi connectivity index (χ1) is 14.4. The molecule has 0 aliphatic carbocycles. The minimum absolute atomic E-state index is 0.00468. The van der Waals surface area contributed by atoms with Crippen LogP contribution in [0, 0.1) is 0 Å². The van der Waals surface area contributed by atoms with E-state index in [4.69, 9.17) is 22.1 Å². The first-order valence-corrected chi connectivity index (χ1v) is 10.2. The number of hydrogen-bond acceptors (Lipinski definition) is 5. The predicted octanol–water partition coefficient (Wildman–Crippen LogP) is 2.39. The quantitative estimate of drug-likeness (QED) is 0.687. The molecule has 1 saturated heterocycles. The summed E-state index contributed by atoms with van der Waals surface area (Å²) in [6.45, 7) is 1.12. The number of nitrogen functional groups attached to an aromatic ring is 1. The molecule has 2 N–H and O–H groups in total. The first kappa shape index (κ1) is 20.3. The zero-order valence-corrected chi connectivity index (χ0v) is 17.7. The average molecular weight is 430 g/mol. The predicted molar refractivity (Wildman–Crippen MR) is 116 cm³/mol. The van der Waals surface area contributed by atoms with Crippen LogP contribution in [0.1, 0.15) is 24.4 Å². The Hall–Kier alpha value is -3.00. The lowest BCUT2D eigenvalue weighted by atomic mass is 10.0. The number of imidazole rings is 1. The molecule has 158 valence electrons. The number of rotatable bonds is 4. The molecule has 8 nitrogen and oxygen atoms in total. The van der Waals surface area contributed by atoms with Crippen LogP contribution in [0.25, 0.3) is 11.2 Å². The van der Waals surface area contributed by atoms with Crippen LogP contribution in [0.3, 0.4) is 0 Å². The molecule has 1 aliphatic heterocycles. The summed E-state index contributed by atoms with van der Waals surface area (Å²) in [6.07, 6.45) is 3.39. The standard InChI is InChI=1S/C21H24ClN5O3/c1-25-20-18(10-15(23)11-24-20)27(21(25)29)16-4-3-5-26(12-16)19(28)8-13-6-14(22)9-17(7-13)30-2/h6-7,9-11,16H,3-5,8,12,23H2,1-2H3/t16-/m0/s1. The number of carbonyl (C=O) groups is 1. The molecule has 9 heteroatoms. The van der Waals surface area contributed by atoms with Crippen LogP contribution >= 0.6 is 11.6 Å². The molecule has 1 aromatic carbocycles. The summed E-state index contributed by atoms with van der Waals surface area (Å²) < 4.78 is 8.48. The largest absolute Gasteiger partial charge is 0.497 e. The van der Waals surface area contributed by atoms with Gasteiger partial charge in [0.05, 0.1) is 37.0 Å². The van der Waals surface area contributed by atoms with Gasteiger partial charge in [0, 0.05) is 25.2 Å². The van der Waals surface area contributed by atoms with Gasteiger partial charge in [-0.25, -0.2) is 9.78 Å². The highest BCUT2D eigenvalue weighted by atomic mass is 35.5. The lowest BCUT2D eigenvalue weighted by Gasteiger charge is -2.33. The maximum Gasteiger partial charge on any atom is 0.330 e. The second-order valence-electron chi connectivity index (χ2n) is 7.63. The number of aromatic nitrogens is 3. The van der Waals surface area contributed by atoms with Crippen LogP contribution < -0.4 is 16.2 Å². The molecule has 0 radical (unpaired) electrons. The number of carbonyl (C=O) groups excluding carboxylic acids is 1. The van der Waals surface area contributed by atoms with Crippen molar-refractivity contribution in [2.24, 2.45) is 7.05 Å². The van der Waals surface area contributed by atoms with E-state index in [0.29, 0.717) is 40.7 Å². The highest BCUT2D eigenvalue weighted by Gasteiger charge is 2.28. The fraction of sp³-hybridized carbons (Fsp3) is 0.381. The van der Waals surface area contributed by atoms with E-state index >= 15 is 0 Å². The molecule has 0 spiro atoms. The topological polar surface area (TPSA) is 95.4 Å². The van der Waals surface area contributed by atoms with E-state index in [2.05, 4.69) is 4.98 Å². The van der Waals surface area contributed by atoms with Crippen molar-refractivity contribution in [3.05, 3.63) is 51.5 Å². The highest BCUT2D eigenvalue weighted by Crippen LogP contribution is 2.26. The lowest BCUT2D eigenvalue weighted by molar-refractivity contribution is -0.132. The summed E-state index contributed by atoms with van der Waals surface area (Å²) in [5.41, 5.74) is 8.34. The van der Waals surface area contributed by atoms with E-state index in [9.17, 15) is 9.59 Å². The van der Waals surface area contributed by atoms with E-state index in [0.717, 1.165) is 18.4 Å². The average Bonchev–Trinajstić information content (AvgIpc) is 2.97. The normalized spacial score (nSPS) is 16.8. The van der Waals surface area contributed by atoms with E-state index < -0.39 is 0 Å². The Morgan fingerprint density at radius 2 is 2.13 bits per heavy atom. The number of piperidine rings is 1. The molecule has 1 aliphatic rings. The van der Waals surface area contributed by atoms with Crippen molar-refractivity contribution in [1.29, 1.82) is 0 Å². The number of nitrogens with zero attached hydrogens (tertiary/aromatic N) is 4. The van der Waals surface area contributed by atoms with Crippen molar-refractivity contribution >= 4 is 34.4 Å². The number of anilines is 1. The van der Waals surface area contributed by atoms with Crippen LogP contribution in [0.2, 0.25) is 5.02 Å². The number of benzene rings is 1. The molecule has 0 unspecified atom stereocenters. The Bertz CT molecular complexity index is 1170. The smallest absolute Gasteiger partial charge is 0.330 e. The van der Waals surface area contributed by atoms with Gasteiger partial charge in [0.2, 0.25) is 5.91 Å². The van der Waals surface area contributed by atoms with Crippen LogP contribution in [-0.4, -0.2) is 45.1 Å². The molecular weight excluding hydrogens is 406 g/mol. The Labute approximate surface area is 178 Å². The number of methoxy groups -OCH3 is 1. The Morgan fingerprint density at radius 3 is 2.90 bits per heavy atom. The molecule has 3 aromatic rings. The number of ether oxygens (including phenoxy) is 1. The number of halogens is 1. The van der Waals surface area contributed by atoms with Gasteiger partial charge >= 0.3 is 5.69 Å². The summed E-state index contributed by atoms with van der Waals surface area (Å²) in [6, 6.07) is 6.93. The fourth-order valence-electron chi connectivity index (χ4n) is 4.12. The molecule has 30 heavy (non-hydrogen) atoms. The van der Waals surface area contributed by atoms with Gasteiger partial charge in [0.15, 0.2) is 5.65 Å². The molecule has 2 aromatic heterocycles. The first-order valence-electron chi connectivity index (χ1n) is 9.81. The molecule has 0 saturated carbocycles. The molecule has 4 rings (SSSR count). The third-order valence-electron chi connectivity index (χ3n) is 5.58. The summed E-state index contributed by atoms with van der Waals surface area (Å²) in [5, 5.41) is 0.529. The van der Waals surface area contributed by atoms with Gasteiger partial charge < -0.3 is 15.4 Å². The Kier molecular flexibility index (Phi) is 5.42. The molecule has 1 fully saturated rings. The van der Waals surface area contributed by atoms with Gasteiger partial charge in [0.1, 0.15) is 5.75 Å².